The lowest BCUT2D eigenvalue weighted by molar-refractivity contribution is 0.0694. The number of aliphatic hydroxyl groups is 2. The highest BCUT2D eigenvalue weighted by Crippen LogP contribution is 2.27. The summed E-state index contributed by atoms with van der Waals surface area (Å²) in [7, 11) is 3.34. The van der Waals surface area contributed by atoms with Crippen LogP contribution >= 0.6 is 0 Å². The maximum atomic E-state index is 9.76. The van der Waals surface area contributed by atoms with Crippen LogP contribution in [0.5, 0.6) is 0 Å². The largest absolute Gasteiger partial charge is 0.389 e. The predicted molar refractivity (Wildman–Crippen MR) is 72.9 cm³/mol. The highest BCUT2D eigenvalue weighted by Gasteiger charge is 2.15. The Kier molecular flexibility index (Phi) is 5.77. The molecule has 0 aliphatic rings. The molecule has 0 radical (unpaired) electrons. The van der Waals surface area contributed by atoms with Crippen LogP contribution in [0, 0.1) is 11.3 Å². The van der Waals surface area contributed by atoms with Crippen molar-refractivity contribution in [1.82, 2.24) is 0 Å². The second-order valence-electron chi connectivity index (χ2n) is 4.55. The number of rotatable bonds is 6. The molecule has 0 aliphatic carbocycles. The summed E-state index contributed by atoms with van der Waals surface area (Å²) in [4.78, 5) is 1.81. The van der Waals surface area contributed by atoms with Gasteiger partial charge in [0.2, 0.25) is 0 Å². The number of nitriles is 1. The Morgan fingerprint density at radius 2 is 2.11 bits per heavy atom. The van der Waals surface area contributed by atoms with Crippen LogP contribution in [0.15, 0.2) is 18.2 Å². The number of hydrogen-bond donors (Lipinski definition) is 2. The van der Waals surface area contributed by atoms with Crippen LogP contribution in [-0.4, -0.2) is 43.6 Å². The van der Waals surface area contributed by atoms with E-state index >= 15 is 0 Å². The van der Waals surface area contributed by atoms with Crippen molar-refractivity contribution in [2.45, 2.75) is 19.1 Å². The highest BCUT2D eigenvalue weighted by molar-refractivity contribution is 5.58. The zero-order valence-electron chi connectivity index (χ0n) is 11.5. The summed E-state index contributed by atoms with van der Waals surface area (Å²) in [5.74, 6) is 0. The van der Waals surface area contributed by atoms with Crippen molar-refractivity contribution < 1.29 is 14.9 Å². The maximum absolute atomic E-state index is 9.76. The fraction of sp³-hybridized carbons (Fsp3) is 0.500. The van der Waals surface area contributed by atoms with E-state index in [9.17, 15) is 10.2 Å². The van der Waals surface area contributed by atoms with E-state index in [-0.39, 0.29) is 6.61 Å². The summed E-state index contributed by atoms with van der Waals surface area (Å²) in [6.45, 7) is 2.28. The second-order valence-corrected chi connectivity index (χ2v) is 4.55. The van der Waals surface area contributed by atoms with Crippen molar-refractivity contribution in [2.75, 3.05) is 32.2 Å². The van der Waals surface area contributed by atoms with Crippen molar-refractivity contribution >= 4 is 5.69 Å². The van der Waals surface area contributed by atoms with Gasteiger partial charge in [-0.25, -0.2) is 0 Å². The van der Waals surface area contributed by atoms with Crippen LogP contribution in [0.3, 0.4) is 0 Å². The van der Waals surface area contributed by atoms with E-state index < -0.39 is 12.2 Å². The monoisotopic (exact) mass is 264 g/mol. The minimum atomic E-state index is -0.634. The molecule has 5 heteroatoms. The SMILES string of the molecule is COCC(O)CN(C)c1cc(C#N)ccc1[C@H](C)O. The molecule has 104 valence electrons. The van der Waals surface area contributed by atoms with Gasteiger partial charge in [-0.1, -0.05) is 6.07 Å². The molecule has 1 aromatic carbocycles. The minimum absolute atomic E-state index is 0.242. The van der Waals surface area contributed by atoms with E-state index in [1.165, 1.54) is 7.11 Å². The number of nitrogens with zero attached hydrogens (tertiary/aromatic N) is 2. The third kappa shape index (κ3) is 4.21. The van der Waals surface area contributed by atoms with E-state index in [2.05, 4.69) is 6.07 Å². The van der Waals surface area contributed by atoms with Gasteiger partial charge in [0, 0.05) is 32.0 Å². The van der Waals surface area contributed by atoms with Crippen LogP contribution in [0.25, 0.3) is 0 Å². The standard InChI is InChI=1S/C14H20N2O3/c1-10(17)13-5-4-11(7-15)6-14(13)16(2)8-12(18)9-19-3/h4-6,10,12,17-18H,8-9H2,1-3H3/t10-,12?/m0/s1. The number of methoxy groups -OCH3 is 1. The molecule has 0 bridgehead atoms. The fourth-order valence-corrected chi connectivity index (χ4v) is 1.96. The number of anilines is 1. The average Bonchev–Trinajstić information content (AvgIpc) is 2.37. The van der Waals surface area contributed by atoms with Crippen LogP contribution in [0.1, 0.15) is 24.2 Å². The Balaban J connectivity index is 2.99. The normalized spacial score (nSPS) is 13.7. The number of benzene rings is 1. The van der Waals surface area contributed by atoms with E-state index in [0.717, 1.165) is 11.3 Å². The van der Waals surface area contributed by atoms with Gasteiger partial charge in [-0.2, -0.15) is 5.26 Å². The molecule has 2 atom stereocenters. The first-order chi connectivity index (χ1) is 8.99. The van der Waals surface area contributed by atoms with E-state index in [0.29, 0.717) is 12.1 Å². The molecule has 2 N–H and O–H groups in total. The Hall–Kier alpha value is -1.61. The first kappa shape index (κ1) is 15.4. The molecule has 1 aromatic rings. The first-order valence-corrected chi connectivity index (χ1v) is 6.09. The van der Waals surface area contributed by atoms with Crippen molar-refractivity contribution in [3.8, 4) is 6.07 Å². The summed E-state index contributed by atoms with van der Waals surface area (Å²) in [6, 6.07) is 7.19. The van der Waals surface area contributed by atoms with Gasteiger partial charge in [-0.15, -0.1) is 0 Å². The Morgan fingerprint density at radius 1 is 1.42 bits per heavy atom. The lowest BCUT2D eigenvalue weighted by Gasteiger charge is -2.26. The number of likely N-dealkylation sites (N-methyl/N-ethyl adjacent to an activating group) is 1. The Morgan fingerprint density at radius 3 is 2.63 bits per heavy atom. The van der Waals surface area contributed by atoms with Gasteiger partial charge in [0.05, 0.1) is 30.4 Å². The van der Waals surface area contributed by atoms with Gasteiger partial charge in [-0.3, -0.25) is 0 Å². The molecule has 0 spiro atoms. The molecule has 0 fully saturated rings. The quantitative estimate of drug-likeness (QED) is 0.803. The molecular formula is C14H20N2O3. The van der Waals surface area contributed by atoms with Crippen LogP contribution in [-0.2, 0) is 4.74 Å². The molecule has 0 saturated carbocycles. The zero-order valence-corrected chi connectivity index (χ0v) is 11.5. The number of ether oxygens (including phenoxy) is 1. The van der Waals surface area contributed by atoms with Gasteiger partial charge < -0.3 is 19.8 Å². The van der Waals surface area contributed by atoms with Crippen molar-refractivity contribution in [2.24, 2.45) is 0 Å². The Labute approximate surface area is 113 Å². The van der Waals surface area contributed by atoms with E-state index in [1.807, 2.05) is 4.90 Å². The van der Waals surface area contributed by atoms with Crippen LogP contribution < -0.4 is 4.90 Å². The third-order valence-electron chi connectivity index (χ3n) is 2.86. The van der Waals surface area contributed by atoms with Crippen molar-refractivity contribution in [1.29, 1.82) is 5.26 Å². The second kappa shape index (κ2) is 7.10. The van der Waals surface area contributed by atoms with Crippen LogP contribution in [0.2, 0.25) is 0 Å². The number of hydrogen-bond acceptors (Lipinski definition) is 5. The summed E-state index contributed by atoms with van der Waals surface area (Å²) in [5.41, 5.74) is 1.99. The molecular weight excluding hydrogens is 244 g/mol. The average molecular weight is 264 g/mol. The fourth-order valence-electron chi connectivity index (χ4n) is 1.96. The third-order valence-corrected chi connectivity index (χ3v) is 2.86. The molecule has 0 aromatic heterocycles. The number of aliphatic hydroxyl groups excluding tert-OH is 2. The summed E-state index contributed by atoms with van der Waals surface area (Å²) >= 11 is 0. The van der Waals surface area contributed by atoms with Crippen molar-refractivity contribution in [3.63, 3.8) is 0 Å². The predicted octanol–water partition coefficient (Wildman–Crippen LogP) is 1.06. The Bertz CT molecular complexity index is 454. The van der Waals surface area contributed by atoms with Crippen molar-refractivity contribution in [3.05, 3.63) is 29.3 Å². The summed E-state index contributed by atoms with van der Waals surface area (Å²) in [5, 5.41) is 28.4. The molecule has 0 heterocycles. The molecule has 19 heavy (non-hydrogen) atoms. The topological polar surface area (TPSA) is 76.7 Å². The van der Waals surface area contributed by atoms with Gasteiger partial charge in [0.1, 0.15) is 0 Å². The molecule has 1 unspecified atom stereocenters. The maximum Gasteiger partial charge on any atom is 0.0992 e. The van der Waals surface area contributed by atoms with E-state index in [4.69, 9.17) is 10.00 Å². The molecule has 0 aliphatic heterocycles. The minimum Gasteiger partial charge on any atom is -0.389 e. The van der Waals surface area contributed by atoms with Crippen LogP contribution in [0.4, 0.5) is 5.69 Å². The molecule has 5 nitrogen and oxygen atoms in total. The lowest BCUT2D eigenvalue weighted by Crippen LogP contribution is -2.32. The summed E-state index contributed by atoms with van der Waals surface area (Å²) < 4.78 is 4.88. The van der Waals surface area contributed by atoms with Gasteiger partial charge in [-0.05, 0) is 19.1 Å². The van der Waals surface area contributed by atoms with E-state index in [1.54, 1.807) is 32.2 Å². The summed E-state index contributed by atoms with van der Waals surface area (Å²) in [6.07, 6.45) is -1.26. The molecule has 1 rings (SSSR count). The lowest BCUT2D eigenvalue weighted by atomic mass is 10.0. The van der Waals surface area contributed by atoms with Gasteiger partial charge in [0.15, 0.2) is 0 Å². The van der Waals surface area contributed by atoms with Gasteiger partial charge >= 0.3 is 0 Å². The highest BCUT2D eigenvalue weighted by atomic mass is 16.5. The molecule has 0 saturated heterocycles. The van der Waals surface area contributed by atoms with Gasteiger partial charge in [0.25, 0.3) is 0 Å². The smallest absolute Gasteiger partial charge is 0.0992 e. The molecule has 0 amide bonds. The first-order valence-electron chi connectivity index (χ1n) is 6.09. The zero-order chi connectivity index (χ0) is 14.4.